The average molecular weight is 370 g/mol. The maximum atomic E-state index is 12.7. The van der Waals surface area contributed by atoms with E-state index >= 15 is 0 Å². The van der Waals surface area contributed by atoms with Crippen molar-refractivity contribution in [1.29, 1.82) is 0 Å². The van der Waals surface area contributed by atoms with E-state index in [1.165, 1.54) is 0 Å². The number of nitrogens with zero attached hydrogens (tertiary/aromatic N) is 3. The first-order valence-electron chi connectivity index (χ1n) is 8.98. The highest BCUT2D eigenvalue weighted by Gasteiger charge is 2.40. The van der Waals surface area contributed by atoms with Crippen LogP contribution in [0.15, 0.2) is 36.7 Å². The summed E-state index contributed by atoms with van der Waals surface area (Å²) in [6.45, 7) is 2.46. The van der Waals surface area contributed by atoms with Gasteiger partial charge in [0.25, 0.3) is 5.91 Å². The maximum absolute atomic E-state index is 12.7. The molecule has 1 amide bonds. The summed E-state index contributed by atoms with van der Waals surface area (Å²) in [6, 6.07) is 7.44. The summed E-state index contributed by atoms with van der Waals surface area (Å²) in [5.74, 6) is 0.652. The molecule has 0 radical (unpaired) electrons. The molecule has 0 atom stereocenters. The number of hydrogen-bond acceptors (Lipinski definition) is 7. The van der Waals surface area contributed by atoms with E-state index in [0.29, 0.717) is 50.7 Å². The topological polar surface area (TPSA) is 85.8 Å². The number of ether oxygens (including phenoxy) is 3. The standard InChI is InChI=1S/C19H22N4O4/c1-25-16-4-2-15(3-5-16)22-18-20-12-14(13-21-18)17(24)23-8-6-19(7-9-23)26-10-11-27-19/h2-5,12-13H,6-11H2,1H3,(H,20,21,22). The first-order chi connectivity index (χ1) is 13.2. The highest BCUT2D eigenvalue weighted by atomic mass is 16.7. The molecular formula is C19H22N4O4. The van der Waals surface area contributed by atoms with Gasteiger partial charge in [-0.2, -0.15) is 0 Å². The van der Waals surface area contributed by atoms with Crippen molar-refractivity contribution < 1.29 is 19.0 Å². The maximum Gasteiger partial charge on any atom is 0.256 e. The van der Waals surface area contributed by atoms with E-state index in [4.69, 9.17) is 14.2 Å². The van der Waals surface area contributed by atoms with E-state index in [9.17, 15) is 4.79 Å². The average Bonchev–Trinajstić information content (AvgIpc) is 3.17. The van der Waals surface area contributed by atoms with Crippen LogP contribution in [0.25, 0.3) is 0 Å². The molecule has 2 aliphatic rings. The number of aromatic nitrogens is 2. The van der Waals surface area contributed by atoms with Crippen LogP contribution >= 0.6 is 0 Å². The molecule has 1 aromatic heterocycles. The second-order valence-electron chi connectivity index (χ2n) is 6.55. The van der Waals surface area contributed by atoms with E-state index in [-0.39, 0.29) is 5.91 Å². The molecule has 4 rings (SSSR count). The van der Waals surface area contributed by atoms with Crippen molar-refractivity contribution in [1.82, 2.24) is 14.9 Å². The van der Waals surface area contributed by atoms with Gasteiger partial charge in [0.2, 0.25) is 5.95 Å². The van der Waals surface area contributed by atoms with E-state index in [1.807, 2.05) is 24.3 Å². The lowest BCUT2D eigenvalue weighted by Crippen LogP contribution is -2.47. The van der Waals surface area contributed by atoms with Crippen molar-refractivity contribution in [2.24, 2.45) is 0 Å². The van der Waals surface area contributed by atoms with Crippen molar-refractivity contribution in [2.75, 3.05) is 38.7 Å². The zero-order chi connectivity index (χ0) is 18.7. The molecule has 0 unspecified atom stereocenters. The Kier molecular flexibility index (Phi) is 4.91. The fourth-order valence-corrected chi connectivity index (χ4v) is 3.33. The minimum atomic E-state index is -0.487. The molecule has 27 heavy (non-hydrogen) atoms. The smallest absolute Gasteiger partial charge is 0.256 e. The second-order valence-corrected chi connectivity index (χ2v) is 6.55. The Morgan fingerprint density at radius 1 is 1.11 bits per heavy atom. The second kappa shape index (κ2) is 7.50. The molecular weight excluding hydrogens is 348 g/mol. The largest absolute Gasteiger partial charge is 0.497 e. The van der Waals surface area contributed by atoms with E-state index in [2.05, 4.69) is 15.3 Å². The summed E-state index contributed by atoms with van der Waals surface area (Å²) in [6.07, 6.45) is 4.48. The normalized spacial score (nSPS) is 18.5. The molecule has 3 heterocycles. The molecule has 2 aliphatic heterocycles. The first-order valence-corrected chi connectivity index (χ1v) is 8.98. The van der Waals surface area contributed by atoms with Crippen molar-refractivity contribution in [3.05, 3.63) is 42.2 Å². The van der Waals surface area contributed by atoms with Crippen LogP contribution in [-0.4, -0.2) is 60.0 Å². The number of anilines is 2. The Morgan fingerprint density at radius 2 is 1.74 bits per heavy atom. The number of carbonyl (C=O) groups excluding carboxylic acids is 1. The molecule has 2 aromatic rings. The molecule has 1 aromatic carbocycles. The third kappa shape index (κ3) is 3.86. The van der Waals surface area contributed by atoms with E-state index in [0.717, 1.165) is 11.4 Å². The fraction of sp³-hybridized carbons (Fsp3) is 0.421. The zero-order valence-electron chi connectivity index (χ0n) is 15.2. The van der Waals surface area contributed by atoms with Crippen molar-refractivity contribution in [2.45, 2.75) is 18.6 Å². The summed E-state index contributed by atoms with van der Waals surface area (Å²) >= 11 is 0. The summed E-state index contributed by atoms with van der Waals surface area (Å²) in [4.78, 5) is 23.0. The van der Waals surface area contributed by atoms with Crippen LogP contribution in [0.2, 0.25) is 0 Å². The van der Waals surface area contributed by atoms with Gasteiger partial charge in [0, 0.05) is 44.0 Å². The number of rotatable bonds is 4. The van der Waals surface area contributed by atoms with Crippen LogP contribution in [-0.2, 0) is 9.47 Å². The third-order valence-electron chi connectivity index (χ3n) is 4.87. The Hall–Kier alpha value is -2.71. The number of piperidine rings is 1. The van der Waals surface area contributed by atoms with Gasteiger partial charge >= 0.3 is 0 Å². The van der Waals surface area contributed by atoms with Crippen LogP contribution < -0.4 is 10.1 Å². The van der Waals surface area contributed by atoms with Crippen LogP contribution in [0.4, 0.5) is 11.6 Å². The van der Waals surface area contributed by atoms with Crippen LogP contribution in [0.5, 0.6) is 5.75 Å². The fourth-order valence-electron chi connectivity index (χ4n) is 3.33. The highest BCUT2D eigenvalue weighted by molar-refractivity contribution is 5.93. The Labute approximate surface area is 157 Å². The van der Waals surface area contributed by atoms with Gasteiger partial charge in [-0.05, 0) is 24.3 Å². The summed E-state index contributed by atoms with van der Waals surface area (Å²) in [7, 11) is 1.62. The van der Waals surface area contributed by atoms with Crippen LogP contribution in [0, 0.1) is 0 Å². The SMILES string of the molecule is COc1ccc(Nc2ncc(C(=O)N3CCC4(CC3)OCCO4)cn2)cc1. The van der Waals surface area contributed by atoms with E-state index in [1.54, 1.807) is 24.4 Å². The summed E-state index contributed by atoms with van der Waals surface area (Å²) in [5.41, 5.74) is 1.31. The molecule has 142 valence electrons. The first kappa shape index (κ1) is 17.7. The van der Waals surface area contributed by atoms with Gasteiger partial charge in [0.1, 0.15) is 5.75 Å². The van der Waals surface area contributed by atoms with Gasteiger partial charge in [-0.3, -0.25) is 4.79 Å². The predicted octanol–water partition coefficient (Wildman–Crippen LogP) is 2.21. The van der Waals surface area contributed by atoms with Gasteiger partial charge in [0.15, 0.2) is 5.79 Å². The van der Waals surface area contributed by atoms with E-state index < -0.39 is 5.79 Å². The number of benzene rings is 1. The minimum Gasteiger partial charge on any atom is -0.497 e. The minimum absolute atomic E-state index is 0.0705. The molecule has 8 heteroatoms. The Morgan fingerprint density at radius 3 is 2.33 bits per heavy atom. The highest BCUT2D eigenvalue weighted by Crippen LogP contribution is 2.31. The number of hydrogen-bond donors (Lipinski definition) is 1. The molecule has 0 saturated carbocycles. The number of methoxy groups -OCH3 is 1. The zero-order valence-corrected chi connectivity index (χ0v) is 15.2. The van der Waals surface area contributed by atoms with Crippen molar-refractivity contribution >= 4 is 17.5 Å². The Bertz CT molecular complexity index is 778. The molecule has 1 spiro atoms. The van der Waals surface area contributed by atoms with Gasteiger partial charge < -0.3 is 24.4 Å². The molecule has 0 bridgehead atoms. The number of nitrogens with one attached hydrogen (secondary N) is 1. The number of carbonyl (C=O) groups is 1. The lowest BCUT2D eigenvalue weighted by Gasteiger charge is -2.37. The van der Waals surface area contributed by atoms with Crippen LogP contribution in [0.3, 0.4) is 0 Å². The monoisotopic (exact) mass is 370 g/mol. The molecule has 1 N–H and O–H groups in total. The summed E-state index contributed by atoms with van der Waals surface area (Å²) in [5, 5.41) is 3.10. The number of likely N-dealkylation sites (tertiary alicyclic amines) is 1. The summed E-state index contributed by atoms with van der Waals surface area (Å²) < 4.78 is 16.5. The van der Waals surface area contributed by atoms with Crippen molar-refractivity contribution in [3.63, 3.8) is 0 Å². The van der Waals surface area contributed by atoms with Gasteiger partial charge in [0.05, 0.1) is 25.9 Å². The lowest BCUT2D eigenvalue weighted by atomic mass is 10.0. The van der Waals surface area contributed by atoms with Crippen molar-refractivity contribution in [3.8, 4) is 5.75 Å². The molecule has 2 fully saturated rings. The van der Waals surface area contributed by atoms with Gasteiger partial charge in [-0.25, -0.2) is 9.97 Å². The molecule has 8 nitrogen and oxygen atoms in total. The van der Waals surface area contributed by atoms with Gasteiger partial charge in [-0.15, -0.1) is 0 Å². The predicted molar refractivity (Wildman–Crippen MR) is 98.1 cm³/mol. The Balaban J connectivity index is 1.36. The molecule has 0 aliphatic carbocycles. The van der Waals surface area contributed by atoms with Crippen LogP contribution in [0.1, 0.15) is 23.2 Å². The number of amides is 1. The third-order valence-corrected chi connectivity index (χ3v) is 4.87. The molecule has 2 saturated heterocycles. The lowest BCUT2D eigenvalue weighted by molar-refractivity contribution is -0.181. The quantitative estimate of drug-likeness (QED) is 0.883. The van der Waals surface area contributed by atoms with Gasteiger partial charge in [-0.1, -0.05) is 0 Å².